The van der Waals surface area contributed by atoms with Crippen molar-refractivity contribution in [3.8, 4) is 0 Å². The van der Waals surface area contributed by atoms with Gasteiger partial charge in [-0.05, 0) is 74.1 Å². The van der Waals surface area contributed by atoms with E-state index in [4.69, 9.17) is 5.10 Å². The van der Waals surface area contributed by atoms with Crippen molar-refractivity contribution < 1.29 is 14.4 Å². The minimum absolute atomic E-state index is 0.0433. The maximum atomic E-state index is 14.1. The van der Waals surface area contributed by atoms with E-state index in [1.807, 2.05) is 13.0 Å². The Kier molecular flexibility index (Phi) is 7.24. The molecule has 0 N–H and O–H groups in total. The molecule has 10 heteroatoms. The summed E-state index contributed by atoms with van der Waals surface area (Å²) in [5.41, 5.74) is 6.98. The molecule has 9 nitrogen and oxygen atoms in total. The van der Waals surface area contributed by atoms with Gasteiger partial charge in [0.05, 0.1) is 17.4 Å². The zero-order valence-corrected chi connectivity index (χ0v) is 26.0. The molecule has 0 spiro atoms. The summed E-state index contributed by atoms with van der Waals surface area (Å²) in [6.45, 7) is 3.89. The van der Waals surface area contributed by atoms with E-state index in [0.29, 0.717) is 5.69 Å². The Hall–Kier alpha value is -4.44. The Morgan fingerprint density at radius 3 is 2.41 bits per heavy atom. The third kappa shape index (κ3) is 4.96. The Morgan fingerprint density at radius 1 is 0.955 bits per heavy atom. The third-order valence-electron chi connectivity index (χ3n) is 8.82. The van der Waals surface area contributed by atoms with Gasteiger partial charge in [-0.15, -0.1) is 0 Å². The number of imide groups is 1. The summed E-state index contributed by atoms with van der Waals surface area (Å²) < 4.78 is 0.744. The number of hydrazone groups is 1. The number of allylic oxidation sites excluding steroid dienone is 1. The van der Waals surface area contributed by atoms with E-state index in [1.54, 1.807) is 23.2 Å². The quantitative estimate of drug-likeness (QED) is 0.308. The fraction of sp³-hybridized carbons (Fsp3) is 0.294. The molecule has 3 heterocycles. The van der Waals surface area contributed by atoms with Crippen LogP contribution in [0, 0.1) is 19.8 Å². The fourth-order valence-electron chi connectivity index (χ4n) is 6.60. The molecule has 222 valence electrons. The molecule has 4 atom stereocenters. The zero-order valence-electron chi connectivity index (χ0n) is 24.4. The van der Waals surface area contributed by atoms with Gasteiger partial charge in [-0.2, -0.15) is 10.2 Å². The Labute approximate surface area is 264 Å². The highest BCUT2D eigenvalue weighted by molar-refractivity contribution is 9.10. The first kappa shape index (κ1) is 28.3. The van der Waals surface area contributed by atoms with E-state index in [-0.39, 0.29) is 24.4 Å². The molecule has 44 heavy (non-hydrogen) atoms. The first-order valence-corrected chi connectivity index (χ1v) is 15.6. The maximum absolute atomic E-state index is 14.1. The number of benzene rings is 3. The molecule has 3 aromatic rings. The van der Waals surface area contributed by atoms with Crippen LogP contribution in [0.15, 0.2) is 98.3 Å². The number of rotatable bonds is 5. The van der Waals surface area contributed by atoms with Crippen LogP contribution in [0.2, 0.25) is 0 Å². The Bertz CT molecular complexity index is 1750. The number of fused-ring (bicyclic) bond motifs is 2. The van der Waals surface area contributed by atoms with E-state index in [9.17, 15) is 14.4 Å². The van der Waals surface area contributed by atoms with E-state index < -0.39 is 23.9 Å². The van der Waals surface area contributed by atoms with Crippen LogP contribution in [0.5, 0.6) is 0 Å². The lowest BCUT2D eigenvalue weighted by atomic mass is 9.77. The lowest BCUT2D eigenvalue weighted by Gasteiger charge is -2.30. The molecule has 1 saturated heterocycles. The first-order valence-electron chi connectivity index (χ1n) is 14.8. The predicted molar refractivity (Wildman–Crippen MR) is 170 cm³/mol. The second-order valence-corrected chi connectivity index (χ2v) is 12.8. The summed E-state index contributed by atoms with van der Waals surface area (Å²) in [7, 11) is 0. The number of carbonyl (C=O) groups excluding carboxylic acids is 3. The van der Waals surface area contributed by atoms with Crippen molar-refractivity contribution >= 4 is 51.1 Å². The summed E-state index contributed by atoms with van der Waals surface area (Å²) in [5.74, 6) is -1.15. The fourth-order valence-corrected chi connectivity index (χ4v) is 6.99. The molecule has 0 aromatic heterocycles. The van der Waals surface area contributed by atoms with Gasteiger partial charge in [-0.1, -0.05) is 86.9 Å². The van der Waals surface area contributed by atoms with Crippen molar-refractivity contribution in [1.82, 2.24) is 10.0 Å². The molecule has 7 rings (SSSR count). The highest BCUT2D eigenvalue weighted by Crippen LogP contribution is 2.45. The number of amides is 3. The van der Waals surface area contributed by atoms with E-state index in [0.717, 1.165) is 56.6 Å². The van der Waals surface area contributed by atoms with E-state index in [2.05, 4.69) is 87.8 Å². The number of halogens is 1. The summed E-state index contributed by atoms with van der Waals surface area (Å²) in [6.07, 6.45) is 4.98. The highest BCUT2D eigenvalue weighted by Gasteiger charge is 2.55. The third-order valence-corrected chi connectivity index (χ3v) is 9.31. The second-order valence-electron chi connectivity index (χ2n) is 11.8. The smallest absolute Gasteiger partial charge is 0.264 e. The number of nitrogens with zero attached hydrogens (tertiary/aromatic N) is 6. The van der Waals surface area contributed by atoms with Crippen LogP contribution in [0.1, 0.15) is 47.6 Å². The topological polar surface area (TPSA) is 98.0 Å². The van der Waals surface area contributed by atoms with Gasteiger partial charge in [-0.25, -0.2) is 9.91 Å². The van der Waals surface area contributed by atoms with Crippen molar-refractivity contribution in [2.75, 3.05) is 11.4 Å². The molecule has 3 aromatic carbocycles. The average molecular weight is 652 g/mol. The molecule has 2 fully saturated rings. The Balaban J connectivity index is 1.19. The molecule has 0 bridgehead atoms. The van der Waals surface area contributed by atoms with Gasteiger partial charge in [0.2, 0.25) is 0 Å². The minimum Gasteiger partial charge on any atom is -0.271 e. The standard InChI is InChI=1S/C34H31BrN6O3/c1-20-9-13-22(14-10-20)17-24-5-3-8-27-29(24)37-41(31(27)23-15-11-21(2)12-16-23)28(42)19-39-32-30(36-38-39)33(43)40(34(32)44)26-7-4-6-25(35)18-26/h4,6-7,9-18,27,30-32H,3,5,8,19H2,1-2H3/b24-17+/t27-,30+,31+,32+/m1/s1. The lowest BCUT2D eigenvalue weighted by molar-refractivity contribution is -0.136. The minimum atomic E-state index is -0.987. The summed E-state index contributed by atoms with van der Waals surface area (Å²) >= 11 is 3.40. The number of aryl methyl sites for hydroxylation is 2. The predicted octanol–water partition coefficient (Wildman–Crippen LogP) is 6.18. The highest BCUT2D eigenvalue weighted by atomic mass is 79.9. The summed E-state index contributed by atoms with van der Waals surface area (Å²) in [4.78, 5) is 42.0. The molecule has 0 radical (unpaired) electrons. The molecule has 3 aliphatic heterocycles. The SMILES string of the molecule is Cc1ccc(/C=C2\CCC[C@@H]3C2=NN(C(=O)CN2N=N[C@@H]4C(=O)N(c5cccc(Br)c5)C(=O)[C@H]42)[C@H]3c2ccc(C)cc2)cc1. The van der Waals surface area contributed by atoms with Gasteiger partial charge in [0.25, 0.3) is 17.7 Å². The number of hydrogen-bond acceptors (Lipinski definition) is 7. The van der Waals surface area contributed by atoms with Gasteiger partial charge in [0.15, 0.2) is 12.1 Å². The summed E-state index contributed by atoms with van der Waals surface area (Å²) in [6, 6.07) is 21.4. The van der Waals surface area contributed by atoms with Crippen LogP contribution < -0.4 is 4.90 Å². The average Bonchev–Trinajstić information content (AvgIpc) is 3.68. The van der Waals surface area contributed by atoms with Crippen LogP contribution in [-0.2, 0) is 14.4 Å². The van der Waals surface area contributed by atoms with Crippen LogP contribution in [0.25, 0.3) is 6.08 Å². The van der Waals surface area contributed by atoms with Crippen LogP contribution in [0.3, 0.4) is 0 Å². The largest absolute Gasteiger partial charge is 0.271 e. The van der Waals surface area contributed by atoms with Gasteiger partial charge < -0.3 is 0 Å². The zero-order chi connectivity index (χ0) is 30.5. The van der Waals surface area contributed by atoms with E-state index >= 15 is 0 Å². The van der Waals surface area contributed by atoms with Gasteiger partial charge in [0.1, 0.15) is 6.54 Å². The van der Waals surface area contributed by atoms with Crippen LogP contribution in [0.4, 0.5) is 5.69 Å². The monoisotopic (exact) mass is 650 g/mol. The molecular weight excluding hydrogens is 620 g/mol. The maximum Gasteiger partial charge on any atom is 0.264 e. The van der Waals surface area contributed by atoms with Gasteiger partial charge in [0, 0.05) is 10.4 Å². The van der Waals surface area contributed by atoms with Crippen molar-refractivity contribution in [2.24, 2.45) is 21.4 Å². The van der Waals surface area contributed by atoms with E-state index in [1.165, 1.54) is 10.6 Å². The molecule has 4 aliphatic rings. The van der Waals surface area contributed by atoms with Gasteiger partial charge in [-0.3, -0.25) is 19.4 Å². The Morgan fingerprint density at radius 2 is 1.68 bits per heavy atom. The molecule has 3 amide bonds. The molecule has 1 aliphatic carbocycles. The van der Waals surface area contributed by atoms with Crippen molar-refractivity contribution in [1.29, 1.82) is 0 Å². The van der Waals surface area contributed by atoms with Crippen LogP contribution >= 0.6 is 15.9 Å². The van der Waals surface area contributed by atoms with Gasteiger partial charge >= 0.3 is 0 Å². The second kappa shape index (κ2) is 11.2. The molecule has 1 saturated carbocycles. The van der Waals surface area contributed by atoms with Crippen molar-refractivity contribution in [2.45, 2.75) is 51.2 Å². The number of hydrogen-bond donors (Lipinski definition) is 0. The van der Waals surface area contributed by atoms with Crippen LogP contribution in [-0.4, -0.2) is 52.1 Å². The lowest BCUT2D eigenvalue weighted by Crippen LogP contribution is -2.45. The number of anilines is 1. The van der Waals surface area contributed by atoms with Crippen molar-refractivity contribution in [3.63, 3.8) is 0 Å². The summed E-state index contributed by atoms with van der Waals surface area (Å²) in [5, 5.41) is 16.2. The normalized spacial score (nSPS) is 25.1. The molecule has 0 unspecified atom stereocenters. The van der Waals surface area contributed by atoms with Crippen molar-refractivity contribution in [3.05, 3.63) is 105 Å². The number of carbonyl (C=O) groups is 3. The first-order chi connectivity index (χ1) is 21.3. The molecular formula is C34H31BrN6O3.